The van der Waals surface area contributed by atoms with Gasteiger partial charge in [0.1, 0.15) is 0 Å². The fourth-order valence-corrected chi connectivity index (χ4v) is 2.87. The van der Waals surface area contributed by atoms with E-state index in [0.29, 0.717) is 19.5 Å². The predicted octanol–water partition coefficient (Wildman–Crippen LogP) is 2.61. The van der Waals surface area contributed by atoms with Gasteiger partial charge in [0.05, 0.1) is 0 Å². The molecule has 120 valence electrons. The Morgan fingerprint density at radius 3 is 2.59 bits per heavy atom. The average Bonchev–Trinajstić information content (AvgIpc) is 2.53. The summed E-state index contributed by atoms with van der Waals surface area (Å²) in [4.78, 5) is 27.7. The van der Waals surface area contributed by atoms with Crippen LogP contribution in [-0.2, 0) is 22.6 Å². The van der Waals surface area contributed by atoms with Crippen molar-refractivity contribution in [3.63, 3.8) is 0 Å². The molecule has 0 unspecified atom stereocenters. The molecule has 4 nitrogen and oxygen atoms in total. The summed E-state index contributed by atoms with van der Waals surface area (Å²) in [5, 5.41) is 0. The summed E-state index contributed by atoms with van der Waals surface area (Å²) < 4.78 is 0. The van der Waals surface area contributed by atoms with Crippen LogP contribution < -0.4 is 0 Å². The van der Waals surface area contributed by atoms with Gasteiger partial charge in [-0.15, -0.1) is 0 Å². The SMILES string of the molecule is CCCCN(CCC(=O)N1CCc2ccccc2C1)C(C)=O. The highest BCUT2D eigenvalue weighted by molar-refractivity contribution is 5.78. The maximum atomic E-state index is 12.4. The highest BCUT2D eigenvalue weighted by Gasteiger charge is 2.21. The van der Waals surface area contributed by atoms with E-state index in [1.807, 2.05) is 11.0 Å². The molecule has 1 aliphatic rings. The van der Waals surface area contributed by atoms with Crippen LogP contribution in [0.25, 0.3) is 0 Å². The molecule has 0 atom stereocenters. The molecular weight excluding hydrogens is 276 g/mol. The van der Waals surface area contributed by atoms with Gasteiger partial charge in [0.15, 0.2) is 0 Å². The molecule has 1 aliphatic heterocycles. The van der Waals surface area contributed by atoms with Crippen molar-refractivity contribution in [3.8, 4) is 0 Å². The third kappa shape index (κ3) is 4.33. The number of benzene rings is 1. The van der Waals surface area contributed by atoms with Gasteiger partial charge in [-0.05, 0) is 24.0 Å². The van der Waals surface area contributed by atoms with Crippen LogP contribution in [0.3, 0.4) is 0 Å². The summed E-state index contributed by atoms with van der Waals surface area (Å²) in [6, 6.07) is 8.31. The molecule has 0 radical (unpaired) electrons. The van der Waals surface area contributed by atoms with Crippen LogP contribution in [0.1, 0.15) is 44.2 Å². The molecule has 22 heavy (non-hydrogen) atoms. The molecule has 0 N–H and O–H groups in total. The maximum absolute atomic E-state index is 12.4. The van der Waals surface area contributed by atoms with E-state index in [4.69, 9.17) is 0 Å². The summed E-state index contributed by atoms with van der Waals surface area (Å²) >= 11 is 0. The second kappa shape index (κ2) is 7.97. The van der Waals surface area contributed by atoms with E-state index in [2.05, 4.69) is 25.1 Å². The summed E-state index contributed by atoms with van der Waals surface area (Å²) in [5.41, 5.74) is 2.59. The first-order valence-electron chi connectivity index (χ1n) is 8.22. The Morgan fingerprint density at radius 1 is 1.18 bits per heavy atom. The number of hydrogen-bond donors (Lipinski definition) is 0. The lowest BCUT2D eigenvalue weighted by Crippen LogP contribution is -2.39. The Hall–Kier alpha value is -1.84. The Labute approximate surface area is 133 Å². The first-order chi connectivity index (χ1) is 10.6. The van der Waals surface area contributed by atoms with Gasteiger partial charge in [0.25, 0.3) is 0 Å². The van der Waals surface area contributed by atoms with Crippen molar-refractivity contribution < 1.29 is 9.59 Å². The van der Waals surface area contributed by atoms with Crippen LogP contribution in [0, 0.1) is 0 Å². The van der Waals surface area contributed by atoms with Gasteiger partial charge in [-0.2, -0.15) is 0 Å². The van der Waals surface area contributed by atoms with Gasteiger partial charge in [-0.25, -0.2) is 0 Å². The number of unbranched alkanes of at least 4 members (excludes halogenated alkanes) is 1. The zero-order chi connectivity index (χ0) is 15.9. The van der Waals surface area contributed by atoms with Crippen LogP contribution in [-0.4, -0.2) is 41.2 Å². The summed E-state index contributed by atoms with van der Waals surface area (Å²) in [5.74, 6) is 0.211. The Balaban J connectivity index is 1.86. The van der Waals surface area contributed by atoms with E-state index in [9.17, 15) is 9.59 Å². The van der Waals surface area contributed by atoms with Crippen LogP contribution >= 0.6 is 0 Å². The van der Waals surface area contributed by atoms with Crippen molar-refractivity contribution in [2.75, 3.05) is 19.6 Å². The standard InChI is InChI=1S/C18H26N2O2/c1-3-4-11-19(15(2)21)13-10-18(22)20-12-9-16-7-5-6-8-17(16)14-20/h5-8H,3-4,9-14H2,1-2H3. The summed E-state index contributed by atoms with van der Waals surface area (Å²) in [7, 11) is 0. The number of hydrogen-bond acceptors (Lipinski definition) is 2. The van der Waals surface area contributed by atoms with E-state index in [0.717, 1.165) is 32.4 Å². The molecule has 1 aromatic carbocycles. The van der Waals surface area contributed by atoms with Crippen molar-refractivity contribution in [3.05, 3.63) is 35.4 Å². The van der Waals surface area contributed by atoms with E-state index >= 15 is 0 Å². The molecule has 0 bridgehead atoms. The van der Waals surface area contributed by atoms with Gasteiger partial charge in [0.2, 0.25) is 11.8 Å². The molecule has 1 aromatic rings. The largest absolute Gasteiger partial charge is 0.342 e. The Morgan fingerprint density at radius 2 is 1.91 bits per heavy atom. The van der Waals surface area contributed by atoms with Gasteiger partial charge >= 0.3 is 0 Å². The lowest BCUT2D eigenvalue weighted by molar-refractivity contribution is -0.134. The lowest BCUT2D eigenvalue weighted by atomic mass is 10.00. The van der Waals surface area contributed by atoms with Crippen LogP contribution in [0.2, 0.25) is 0 Å². The molecular formula is C18H26N2O2. The van der Waals surface area contributed by atoms with Crippen LogP contribution in [0.5, 0.6) is 0 Å². The van der Waals surface area contributed by atoms with Crippen molar-refractivity contribution in [1.29, 1.82) is 0 Å². The fraction of sp³-hybridized carbons (Fsp3) is 0.556. The van der Waals surface area contributed by atoms with Gasteiger partial charge in [0, 0.05) is 39.5 Å². The second-order valence-electron chi connectivity index (χ2n) is 5.94. The number of carbonyl (C=O) groups is 2. The molecule has 4 heteroatoms. The molecule has 1 heterocycles. The Bertz CT molecular complexity index is 528. The molecule has 0 saturated carbocycles. The molecule has 0 fully saturated rings. The minimum absolute atomic E-state index is 0.0604. The zero-order valence-electron chi connectivity index (χ0n) is 13.7. The molecule has 2 rings (SSSR count). The minimum Gasteiger partial charge on any atom is -0.342 e. The van der Waals surface area contributed by atoms with Gasteiger partial charge < -0.3 is 9.80 Å². The maximum Gasteiger partial charge on any atom is 0.224 e. The van der Waals surface area contributed by atoms with E-state index in [-0.39, 0.29) is 11.8 Å². The van der Waals surface area contributed by atoms with E-state index in [1.165, 1.54) is 11.1 Å². The molecule has 2 amide bonds. The minimum atomic E-state index is 0.0604. The average molecular weight is 302 g/mol. The van der Waals surface area contributed by atoms with Crippen molar-refractivity contribution in [1.82, 2.24) is 9.80 Å². The van der Waals surface area contributed by atoms with Crippen LogP contribution in [0.15, 0.2) is 24.3 Å². The number of amides is 2. The number of nitrogens with zero attached hydrogens (tertiary/aromatic N) is 2. The third-order valence-electron chi connectivity index (χ3n) is 4.31. The van der Waals surface area contributed by atoms with Gasteiger partial charge in [-0.1, -0.05) is 37.6 Å². The van der Waals surface area contributed by atoms with Crippen molar-refractivity contribution >= 4 is 11.8 Å². The van der Waals surface area contributed by atoms with Crippen molar-refractivity contribution in [2.45, 2.75) is 46.1 Å². The quantitative estimate of drug-likeness (QED) is 0.810. The topological polar surface area (TPSA) is 40.6 Å². The van der Waals surface area contributed by atoms with E-state index < -0.39 is 0 Å². The second-order valence-corrected chi connectivity index (χ2v) is 5.94. The van der Waals surface area contributed by atoms with Crippen LogP contribution in [0.4, 0.5) is 0 Å². The summed E-state index contributed by atoms with van der Waals surface area (Å²) in [6.07, 6.45) is 3.39. The molecule has 0 aromatic heterocycles. The van der Waals surface area contributed by atoms with E-state index in [1.54, 1.807) is 11.8 Å². The number of fused-ring (bicyclic) bond motifs is 1. The highest BCUT2D eigenvalue weighted by Crippen LogP contribution is 2.19. The highest BCUT2D eigenvalue weighted by atomic mass is 16.2. The summed E-state index contributed by atoms with van der Waals surface area (Å²) in [6.45, 7) is 6.45. The normalized spacial score (nSPS) is 13.6. The van der Waals surface area contributed by atoms with Gasteiger partial charge in [-0.3, -0.25) is 9.59 Å². The number of carbonyl (C=O) groups excluding carboxylic acids is 2. The predicted molar refractivity (Wildman–Crippen MR) is 87.3 cm³/mol. The third-order valence-corrected chi connectivity index (χ3v) is 4.31. The molecule has 0 saturated heterocycles. The molecule has 0 aliphatic carbocycles. The zero-order valence-corrected chi connectivity index (χ0v) is 13.7. The lowest BCUT2D eigenvalue weighted by Gasteiger charge is -2.30. The van der Waals surface area contributed by atoms with Crippen molar-refractivity contribution in [2.24, 2.45) is 0 Å². The Kier molecular flexibility index (Phi) is 5.99. The monoisotopic (exact) mass is 302 g/mol. The number of rotatable bonds is 6. The fourth-order valence-electron chi connectivity index (χ4n) is 2.87. The first-order valence-corrected chi connectivity index (χ1v) is 8.22. The molecule has 0 spiro atoms. The first kappa shape index (κ1) is 16.5. The smallest absolute Gasteiger partial charge is 0.224 e.